The summed E-state index contributed by atoms with van der Waals surface area (Å²) < 4.78 is 2.21. The molecule has 0 bridgehead atoms. The Morgan fingerprint density at radius 3 is 3.10 bits per heavy atom. The average molecular weight is 270 g/mol. The molecule has 2 N–H and O–H groups in total. The first-order valence-corrected chi connectivity index (χ1v) is 7.31. The summed E-state index contributed by atoms with van der Waals surface area (Å²) in [5.74, 6) is 1.13. The Labute approximate surface area is 120 Å². The Hall–Kier alpha value is -1.81. The van der Waals surface area contributed by atoms with Gasteiger partial charge in [-0.2, -0.15) is 0 Å². The summed E-state index contributed by atoms with van der Waals surface area (Å²) >= 11 is 0. The van der Waals surface area contributed by atoms with Crippen molar-refractivity contribution in [2.45, 2.75) is 25.8 Å². The van der Waals surface area contributed by atoms with Crippen LogP contribution in [-0.2, 0) is 19.4 Å². The van der Waals surface area contributed by atoms with Gasteiger partial charge >= 0.3 is 0 Å². The summed E-state index contributed by atoms with van der Waals surface area (Å²) in [7, 11) is 2.16. The van der Waals surface area contributed by atoms with Crippen molar-refractivity contribution < 1.29 is 0 Å². The highest BCUT2D eigenvalue weighted by Crippen LogP contribution is 2.27. The maximum atomic E-state index is 5.58. The van der Waals surface area contributed by atoms with Crippen LogP contribution in [0.5, 0.6) is 0 Å². The number of hydrogen-bond acceptors (Lipinski definition) is 3. The van der Waals surface area contributed by atoms with Crippen LogP contribution in [0.15, 0.2) is 30.6 Å². The van der Waals surface area contributed by atoms with E-state index in [1.165, 1.54) is 16.8 Å². The molecule has 2 heterocycles. The summed E-state index contributed by atoms with van der Waals surface area (Å²) in [6.45, 7) is 2.81. The second-order valence-electron chi connectivity index (χ2n) is 5.49. The highest BCUT2D eigenvalue weighted by Gasteiger charge is 2.16. The van der Waals surface area contributed by atoms with Gasteiger partial charge in [0.25, 0.3) is 0 Å². The van der Waals surface area contributed by atoms with E-state index >= 15 is 0 Å². The van der Waals surface area contributed by atoms with E-state index in [-0.39, 0.29) is 0 Å². The van der Waals surface area contributed by atoms with Crippen LogP contribution >= 0.6 is 0 Å². The smallest absolute Gasteiger partial charge is 0.113 e. The molecule has 1 aliphatic rings. The molecule has 0 aliphatic carbocycles. The molecule has 2 aromatic rings. The number of nitrogens with two attached hydrogens (primary N) is 1. The minimum absolute atomic E-state index is 0.725. The fourth-order valence-electron chi connectivity index (χ4n) is 2.89. The molecule has 106 valence electrons. The third kappa shape index (κ3) is 2.56. The molecule has 0 saturated heterocycles. The Morgan fingerprint density at radius 1 is 1.35 bits per heavy atom. The van der Waals surface area contributed by atoms with Crippen molar-refractivity contribution in [3.63, 3.8) is 0 Å². The molecule has 0 amide bonds. The maximum absolute atomic E-state index is 5.58. The molecule has 4 heteroatoms. The van der Waals surface area contributed by atoms with Crippen molar-refractivity contribution in [2.24, 2.45) is 5.73 Å². The number of anilines is 1. The van der Waals surface area contributed by atoms with Crippen LogP contribution in [0.2, 0.25) is 0 Å². The van der Waals surface area contributed by atoms with Gasteiger partial charge in [-0.1, -0.05) is 12.1 Å². The number of likely N-dealkylation sites (N-methyl/N-ethyl adjacent to an activating group) is 1. The number of imidazole rings is 1. The van der Waals surface area contributed by atoms with Gasteiger partial charge in [-0.25, -0.2) is 4.98 Å². The molecule has 0 spiro atoms. The van der Waals surface area contributed by atoms with Crippen LogP contribution in [-0.4, -0.2) is 29.7 Å². The Morgan fingerprint density at radius 2 is 2.25 bits per heavy atom. The van der Waals surface area contributed by atoms with Gasteiger partial charge in [0.1, 0.15) is 5.82 Å². The summed E-state index contributed by atoms with van der Waals surface area (Å²) in [6, 6.07) is 6.80. The molecule has 4 nitrogen and oxygen atoms in total. The number of rotatable bonds is 5. The molecule has 0 fully saturated rings. The van der Waals surface area contributed by atoms with E-state index < -0.39 is 0 Å². The number of nitrogens with zero attached hydrogens (tertiary/aromatic N) is 3. The average Bonchev–Trinajstić information content (AvgIpc) is 3.04. The molecular formula is C16H22N4. The Balaban J connectivity index is 1.77. The van der Waals surface area contributed by atoms with Crippen LogP contribution in [0, 0.1) is 0 Å². The first kappa shape index (κ1) is 13.2. The van der Waals surface area contributed by atoms with Crippen molar-refractivity contribution in [1.82, 2.24) is 9.55 Å². The van der Waals surface area contributed by atoms with E-state index in [1.807, 2.05) is 12.4 Å². The second-order valence-corrected chi connectivity index (χ2v) is 5.49. The van der Waals surface area contributed by atoms with Crippen molar-refractivity contribution in [1.29, 1.82) is 0 Å². The van der Waals surface area contributed by atoms with Crippen LogP contribution in [0.3, 0.4) is 0 Å². The molecule has 0 radical (unpaired) electrons. The lowest BCUT2D eigenvalue weighted by atomic mass is 10.1. The van der Waals surface area contributed by atoms with Crippen molar-refractivity contribution >= 4 is 5.69 Å². The molecule has 0 unspecified atom stereocenters. The summed E-state index contributed by atoms with van der Waals surface area (Å²) in [5, 5.41) is 0. The lowest BCUT2D eigenvalue weighted by Gasteiger charge is -2.12. The van der Waals surface area contributed by atoms with Gasteiger partial charge in [-0.3, -0.25) is 0 Å². The van der Waals surface area contributed by atoms with E-state index in [1.54, 1.807) is 0 Å². The van der Waals surface area contributed by atoms with Gasteiger partial charge in [0.05, 0.1) is 0 Å². The van der Waals surface area contributed by atoms with Crippen LogP contribution < -0.4 is 10.6 Å². The third-order valence-corrected chi connectivity index (χ3v) is 4.04. The molecular weight excluding hydrogens is 248 g/mol. The first-order valence-electron chi connectivity index (χ1n) is 7.31. The Kier molecular flexibility index (Phi) is 3.74. The lowest BCUT2D eigenvalue weighted by molar-refractivity contribution is 0.624. The summed E-state index contributed by atoms with van der Waals surface area (Å²) in [4.78, 5) is 6.81. The largest absolute Gasteiger partial charge is 0.374 e. The van der Waals surface area contributed by atoms with Crippen LogP contribution in [0.1, 0.15) is 23.4 Å². The van der Waals surface area contributed by atoms with E-state index in [2.05, 4.69) is 39.7 Å². The van der Waals surface area contributed by atoms with E-state index in [0.717, 1.165) is 44.7 Å². The topological polar surface area (TPSA) is 47.1 Å². The number of fused-ring (bicyclic) bond motifs is 1. The standard InChI is InChI=1S/C16H22N4/c1-19-9-5-14-11-13(3-4-15(14)19)12-16-18-7-10-20(16)8-2-6-17/h3-4,7,10-11H,2,5-6,8-9,12,17H2,1H3. The second kappa shape index (κ2) is 5.67. The zero-order valence-electron chi connectivity index (χ0n) is 12.0. The number of hydrogen-bond donors (Lipinski definition) is 1. The molecule has 0 saturated carbocycles. The Bertz CT molecular complexity index is 588. The quantitative estimate of drug-likeness (QED) is 0.901. The minimum Gasteiger partial charge on any atom is -0.374 e. The van der Waals surface area contributed by atoms with Gasteiger partial charge in [-0.15, -0.1) is 0 Å². The van der Waals surface area contributed by atoms with Crippen LogP contribution in [0.25, 0.3) is 0 Å². The van der Waals surface area contributed by atoms with Crippen LogP contribution in [0.4, 0.5) is 5.69 Å². The van der Waals surface area contributed by atoms with E-state index in [4.69, 9.17) is 5.73 Å². The molecule has 1 aromatic carbocycles. The summed E-state index contributed by atoms with van der Waals surface area (Å²) in [5.41, 5.74) is 9.77. The van der Waals surface area contributed by atoms with Gasteiger partial charge in [0, 0.05) is 44.6 Å². The van der Waals surface area contributed by atoms with Gasteiger partial charge in [0.15, 0.2) is 0 Å². The molecule has 0 atom stereocenters. The van der Waals surface area contributed by atoms with Gasteiger partial charge in [0.2, 0.25) is 0 Å². The minimum atomic E-state index is 0.725. The van der Waals surface area contributed by atoms with Crippen molar-refractivity contribution in [3.05, 3.63) is 47.5 Å². The normalized spacial score (nSPS) is 13.8. The van der Waals surface area contributed by atoms with Crippen molar-refractivity contribution in [2.75, 3.05) is 25.0 Å². The molecule has 3 rings (SSSR count). The third-order valence-electron chi connectivity index (χ3n) is 4.04. The highest BCUT2D eigenvalue weighted by molar-refractivity contribution is 5.58. The van der Waals surface area contributed by atoms with Crippen molar-refractivity contribution in [3.8, 4) is 0 Å². The molecule has 1 aromatic heterocycles. The zero-order valence-corrected chi connectivity index (χ0v) is 12.0. The highest BCUT2D eigenvalue weighted by atomic mass is 15.1. The maximum Gasteiger partial charge on any atom is 0.113 e. The first-order chi connectivity index (χ1) is 9.78. The summed E-state index contributed by atoms with van der Waals surface area (Å²) in [6.07, 6.45) is 6.98. The van der Waals surface area contributed by atoms with Gasteiger partial charge in [-0.05, 0) is 36.6 Å². The van der Waals surface area contributed by atoms with E-state index in [9.17, 15) is 0 Å². The molecule has 20 heavy (non-hydrogen) atoms. The monoisotopic (exact) mass is 270 g/mol. The predicted molar refractivity (Wildman–Crippen MR) is 82.1 cm³/mol. The number of benzene rings is 1. The zero-order chi connectivity index (χ0) is 13.9. The number of aryl methyl sites for hydroxylation is 1. The van der Waals surface area contributed by atoms with E-state index in [0.29, 0.717) is 0 Å². The fraction of sp³-hybridized carbons (Fsp3) is 0.438. The fourth-order valence-corrected chi connectivity index (χ4v) is 2.89. The SMILES string of the molecule is CN1CCc2cc(Cc3nccn3CCCN)ccc21. The predicted octanol–water partition coefficient (Wildman–Crippen LogP) is 1.81. The molecule has 1 aliphatic heterocycles. The van der Waals surface area contributed by atoms with Gasteiger partial charge < -0.3 is 15.2 Å². The lowest BCUT2D eigenvalue weighted by Crippen LogP contribution is -2.12. The number of aromatic nitrogens is 2.